The Morgan fingerprint density at radius 2 is 1.27 bits per heavy atom. The van der Waals surface area contributed by atoms with Crippen LogP contribution in [0.2, 0.25) is 0 Å². The lowest BCUT2D eigenvalue weighted by Gasteiger charge is -2.33. The maximum absolute atomic E-state index is 12.6. The lowest BCUT2D eigenvalue weighted by molar-refractivity contribution is -0.183. The normalized spacial score (nSPS) is 15.4. The number of ether oxygens (including phenoxy) is 1. The Morgan fingerprint density at radius 1 is 0.800 bits per heavy atom. The van der Waals surface area contributed by atoms with Gasteiger partial charge in [0.25, 0.3) is 0 Å². The van der Waals surface area contributed by atoms with E-state index in [1.807, 2.05) is 0 Å². The fraction of sp³-hybridized carbons (Fsp3) is 0.913. The van der Waals surface area contributed by atoms with Gasteiger partial charge in [0.2, 0.25) is 0 Å². The molecule has 0 unspecified atom stereocenters. The predicted octanol–water partition coefficient (Wildman–Crippen LogP) is 3.05. The summed E-state index contributed by atoms with van der Waals surface area (Å²) in [5.41, 5.74) is -2.43. The summed E-state index contributed by atoms with van der Waals surface area (Å²) >= 11 is 0. The molecular weight excluding hydrogens is 388 g/mol. The molecule has 0 aliphatic heterocycles. The molecule has 0 fully saturated rings. The molecule has 7 heteroatoms. The Hall–Kier alpha value is -1.02. The highest BCUT2D eigenvalue weighted by Gasteiger charge is 2.47. The van der Waals surface area contributed by atoms with Crippen LogP contribution in [-0.2, 0) is 14.3 Å². The number of rotatable bonds is 20. The minimum atomic E-state index is -2.43. The van der Waals surface area contributed by atoms with E-state index < -0.39 is 42.8 Å². The van der Waals surface area contributed by atoms with Gasteiger partial charge in [0, 0.05) is 12.8 Å². The Kier molecular flexibility index (Phi) is 17.0. The number of ketones is 1. The van der Waals surface area contributed by atoms with Crippen LogP contribution in [0, 0.1) is 0 Å². The molecule has 0 aliphatic carbocycles. The monoisotopic (exact) mass is 432 g/mol. The third-order valence-corrected chi connectivity index (χ3v) is 5.47. The van der Waals surface area contributed by atoms with Crippen molar-refractivity contribution in [1.82, 2.24) is 0 Å². The van der Waals surface area contributed by atoms with Crippen molar-refractivity contribution in [2.24, 2.45) is 0 Å². The number of hydrogen-bond acceptors (Lipinski definition) is 7. The molecule has 0 spiro atoms. The summed E-state index contributed by atoms with van der Waals surface area (Å²) in [4.78, 5) is 24.6. The van der Waals surface area contributed by atoms with Crippen LogP contribution in [0.15, 0.2) is 0 Å². The number of aliphatic hydroxyl groups is 4. The lowest BCUT2D eigenvalue weighted by Crippen LogP contribution is -2.58. The van der Waals surface area contributed by atoms with Gasteiger partial charge >= 0.3 is 5.97 Å². The topological polar surface area (TPSA) is 124 Å². The van der Waals surface area contributed by atoms with Gasteiger partial charge in [-0.3, -0.25) is 9.59 Å². The number of unbranched alkanes of at least 4 members (excludes halogenated alkanes) is 10. The van der Waals surface area contributed by atoms with Crippen molar-refractivity contribution < 1.29 is 34.8 Å². The highest BCUT2D eigenvalue weighted by atomic mass is 16.5. The van der Waals surface area contributed by atoms with E-state index in [0.717, 1.165) is 57.8 Å². The van der Waals surface area contributed by atoms with E-state index in [2.05, 4.69) is 13.8 Å². The highest BCUT2D eigenvalue weighted by molar-refractivity contribution is 5.88. The smallest absolute Gasteiger partial charge is 0.305 e. The van der Waals surface area contributed by atoms with Gasteiger partial charge < -0.3 is 25.2 Å². The lowest BCUT2D eigenvalue weighted by atomic mass is 9.86. The summed E-state index contributed by atoms with van der Waals surface area (Å²) in [7, 11) is 0. The van der Waals surface area contributed by atoms with Gasteiger partial charge in [-0.2, -0.15) is 0 Å². The number of aliphatic hydroxyl groups excluding tert-OH is 3. The number of hydrogen-bond donors (Lipinski definition) is 4. The van der Waals surface area contributed by atoms with Crippen LogP contribution >= 0.6 is 0 Å². The van der Waals surface area contributed by atoms with Crippen LogP contribution < -0.4 is 0 Å². The molecule has 0 aromatic rings. The van der Waals surface area contributed by atoms with Gasteiger partial charge in [-0.25, -0.2) is 0 Å². The molecule has 0 amide bonds. The number of Topliss-reactive ketones (excluding diaryl/α,β-unsaturated/α-hetero) is 1. The molecule has 0 radical (unpaired) electrons. The fourth-order valence-electron chi connectivity index (χ4n) is 3.34. The Bertz CT molecular complexity index is 455. The summed E-state index contributed by atoms with van der Waals surface area (Å²) in [5.74, 6) is -1.24. The predicted molar refractivity (Wildman–Crippen MR) is 116 cm³/mol. The van der Waals surface area contributed by atoms with E-state index in [9.17, 15) is 24.9 Å². The van der Waals surface area contributed by atoms with Gasteiger partial charge in [-0.15, -0.1) is 0 Å². The van der Waals surface area contributed by atoms with Crippen molar-refractivity contribution in [1.29, 1.82) is 0 Å². The van der Waals surface area contributed by atoms with Crippen molar-refractivity contribution in [2.45, 2.75) is 122 Å². The standard InChI is InChI=1S/C23H44O7/c1-3-5-7-9-11-13-15-20(26)23(29,22(28)19(25)17-24)18-30-21(27)16-14-12-10-8-6-4-2/h19,22,24-25,28-29H,3-18H2,1-2H3/t19-,22+,23-/m0/s1. The summed E-state index contributed by atoms with van der Waals surface area (Å²) in [6, 6.07) is 0. The second-order valence-electron chi connectivity index (χ2n) is 8.24. The van der Waals surface area contributed by atoms with Gasteiger partial charge in [0.1, 0.15) is 18.8 Å². The average Bonchev–Trinajstić information content (AvgIpc) is 2.75. The molecule has 178 valence electrons. The van der Waals surface area contributed by atoms with E-state index in [0.29, 0.717) is 12.8 Å². The third kappa shape index (κ3) is 12.0. The Morgan fingerprint density at radius 3 is 1.77 bits per heavy atom. The molecule has 4 N–H and O–H groups in total. The first-order valence-electron chi connectivity index (χ1n) is 11.7. The van der Waals surface area contributed by atoms with Crippen molar-refractivity contribution >= 4 is 11.8 Å². The minimum absolute atomic E-state index is 0.00676. The van der Waals surface area contributed by atoms with E-state index in [1.54, 1.807) is 0 Å². The largest absolute Gasteiger partial charge is 0.462 e. The van der Waals surface area contributed by atoms with Gasteiger partial charge in [0.05, 0.1) is 6.61 Å². The van der Waals surface area contributed by atoms with Crippen LogP contribution in [0.1, 0.15) is 104 Å². The first-order chi connectivity index (χ1) is 14.3. The molecule has 7 nitrogen and oxygen atoms in total. The van der Waals surface area contributed by atoms with E-state index in [1.165, 1.54) is 6.42 Å². The van der Waals surface area contributed by atoms with E-state index in [4.69, 9.17) is 9.84 Å². The fourth-order valence-corrected chi connectivity index (χ4v) is 3.34. The van der Waals surface area contributed by atoms with Crippen LogP contribution in [0.3, 0.4) is 0 Å². The zero-order valence-electron chi connectivity index (χ0n) is 19.0. The second kappa shape index (κ2) is 17.6. The molecule has 3 atom stereocenters. The summed E-state index contributed by atoms with van der Waals surface area (Å²) < 4.78 is 5.07. The van der Waals surface area contributed by atoms with E-state index >= 15 is 0 Å². The molecule has 0 aromatic heterocycles. The van der Waals surface area contributed by atoms with Gasteiger partial charge in [-0.05, 0) is 12.8 Å². The number of carbonyl (C=O) groups is 2. The molecule has 0 aliphatic rings. The average molecular weight is 433 g/mol. The maximum atomic E-state index is 12.6. The maximum Gasteiger partial charge on any atom is 0.305 e. The van der Waals surface area contributed by atoms with Crippen molar-refractivity contribution in [2.75, 3.05) is 13.2 Å². The molecule has 0 bridgehead atoms. The molecule has 0 rings (SSSR count). The van der Waals surface area contributed by atoms with Crippen molar-refractivity contribution in [3.05, 3.63) is 0 Å². The zero-order chi connectivity index (χ0) is 22.8. The van der Waals surface area contributed by atoms with Crippen molar-refractivity contribution in [3.8, 4) is 0 Å². The first kappa shape index (κ1) is 29.0. The summed E-state index contributed by atoms with van der Waals surface area (Å²) in [6.45, 7) is 2.70. The molecule has 0 saturated heterocycles. The highest BCUT2D eigenvalue weighted by Crippen LogP contribution is 2.21. The molecule has 0 heterocycles. The van der Waals surface area contributed by atoms with Crippen LogP contribution in [0.25, 0.3) is 0 Å². The Labute approximate surface area is 181 Å². The van der Waals surface area contributed by atoms with E-state index in [-0.39, 0.29) is 12.8 Å². The molecular formula is C23H44O7. The molecule has 30 heavy (non-hydrogen) atoms. The van der Waals surface area contributed by atoms with Crippen LogP contribution in [0.5, 0.6) is 0 Å². The summed E-state index contributed by atoms with van der Waals surface area (Å²) in [6.07, 6.45) is 8.27. The van der Waals surface area contributed by atoms with Crippen molar-refractivity contribution in [3.63, 3.8) is 0 Å². The molecule has 0 aromatic carbocycles. The van der Waals surface area contributed by atoms with Gasteiger partial charge in [-0.1, -0.05) is 78.1 Å². The van der Waals surface area contributed by atoms with Crippen LogP contribution in [0.4, 0.5) is 0 Å². The molecule has 0 saturated carbocycles. The zero-order valence-corrected chi connectivity index (χ0v) is 19.0. The first-order valence-corrected chi connectivity index (χ1v) is 11.7. The number of carbonyl (C=O) groups excluding carboxylic acids is 2. The minimum Gasteiger partial charge on any atom is -0.462 e. The summed E-state index contributed by atoms with van der Waals surface area (Å²) in [5, 5.41) is 39.8. The second-order valence-corrected chi connectivity index (χ2v) is 8.24. The van der Waals surface area contributed by atoms with Crippen LogP contribution in [-0.4, -0.2) is 63.2 Å². The van der Waals surface area contributed by atoms with Gasteiger partial charge in [0.15, 0.2) is 11.4 Å². The third-order valence-electron chi connectivity index (χ3n) is 5.47. The number of esters is 1. The Balaban J connectivity index is 4.60. The SMILES string of the molecule is CCCCCCCCC(=O)OC[C@](O)(C(=O)CCCCCCCC)[C@H](O)[C@@H](O)CO. The quantitative estimate of drug-likeness (QED) is 0.172.